The van der Waals surface area contributed by atoms with E-state index < -0.39 is 11.9 Å². The highest BCUT2D eigenvalue weighted by Crippen LogP contribution is 2.29. The van der Waals surface area contributed by atoms with Crippen molar-refractivity contribution in [1.82, 2.24) is 0 Å². The number of carbonyl (C=O) groups is 2. The second-order valence-electron chi connectivity index (χ2n) is 3.42. The Labute approximate surface area is 90.1 Å². The lowest BCUT2D eigenvalue weighted by molar-refractivity contribution is -0.149. The molecule has 1 aliphatic rings. The topological polar surface area (TPSA) is 56.5 Å². The van der Waals surface area contributed by atoms with Crippen molar-refractivity contribution in [2.45, 2.75) is 0 Å². The van der Waals surface area contributed by atoms with Crippen LogP contribution in [0.5, 0.6) is 0 Å². The minimum absolute atomic E-state index is 0.172. The largest absolute Gasteiger partial charge is 0.463 e. The maximum Gasteiger partial charge on any atom is 0.350 e. The number of esters is 2. The van der Waals surface area contributed by atoms with Gasteiger partial charge in [-0.25, -0.2) is 9.59 Å². The third-order valence-electron chi connectivity index (χ3n) is 2.43. The van der Waals surface area contributed by atoms with Crippen LogP contribution < -0.4 is 0 Å². The molecule has 3 rings (SSSR count). The first-order chi connectivity index (χ1) is 7.75. The number of ether oxygens (including phenoxy) is 1. The molecule has 0 N–H and O–H groups in total. The van der Waals surface area contributed by atoms with Gasteiger partial charge in [-0.2, -0.15) is 0 Å². The molecule has 0 atom stereocenters. The predicted octanol–water partition coefficient (Wildman–Crippen LogP) is 1.90. The van der Waals surface area contributed by atoms with Gasteiger partial charge < -0.3 is 9.15 Å². The minimum atomic E-state index is -0.662. The van der Waals surface area contributed by atoms with Crippen LogP contribution in [0.4, 0.5) is 0 Å². The van der Waals surface area contributed by atoms with E-state index in [9.17, 15) is 9.59 Å². The first-order valence-electron chi connectivity index (χ1n) is 4.70. The Balaban J connectivity index is 2.24. The molecule has 78 valence electrons. The molecular formula is C12H6O4. The van der Waals surface area contributed by atoms with Crippen LogP contribution >= 0.6 is 0 Å². The van der Waals surface area contributed by atoms with E-state index in [0.717, 1.165) is 16.8 Å². The molecule has 1 aromatic carbocycles. The zero-order chi connectivity index (χ0) is 11.1. The van der Waals surface area contributed by atoms with Gasteiger partial charge in [-0.05, 0) is 0 Å². The number of carbonyl (C=O) groups excluding carboxylic acids is 2. The number of hydrogen-bond donors (Lipinski definition) is 0. The van der Waals surface area contributed by atoms with E-state index in [2.05, 4.69) is 4.74 Å². The summed E-state index contributed by atoms with van der Waals surface area (Å²) in [4.78, 5) is 22.3. The van der Waals surface area contributed by atoms with E-state index in [1.54, 1.807) is 6.26 Å². The van der Waals surface area contributed by atoms with Crippen LogP contribution in [0.1, 0.15) is 5.76 Å². The van der Waals surface area contributed by atoms with Crippen molar-refractivity contribution in [1.29, 1.82) is 0 Å². The van der Waals surface area contributed by atoms with Gasteiger partial charge in [0.05, 0.1) is 6.26 Å². The van der Waals surface area contributed by atoms with Gasteiger partial charge in [0.2, 0.25) is 0 Å². The monoisotopic (exact) mass is 214 g/mol. The van der Waals surface area contributed by atoms with Gasteiger partial charge in [-0.15, -0.1) is 0 Å². The maximum absolute atomic E-state index is 11.4. The molecule has 16 heavy (non-hydrogen) atoms. The Morgan fingerprint density at radius 2 is 1.88 bits per heavy atom. The van der Waals surface area contributed by atoms with E-state index in [-0.39, 0.29) is 5.57 Å². The molecule has 0 saturated heterocycles. The molecule has 1 aliphatic heterocycles. The van der Waals surface area contributed by atoms with Crippen molar-refractivity contribution in [3.05, 3.63) is 42.4 Å². The lowest BCUT2D eigenvalue weighted by Gasteiger charge is -1.94. The van der Waals surface area contributed by atoms with E-state index in [1.165, 1.54) is 0 Å². The molecule has 4 heteroatoms. The highest BCUT2D eigenvalue weighted by Gasteiger charge is 2.28. The number of furan rings is 1. The lowest BCUT2D eigenvalue weighted by Crippen LogP contribution is -2.00. The molecule has 0 amide bonds. The van der Waals surface area contributed by atoms with Gasteiger partial charge in [0.15, 0.2) is 0 Å². The molecule has 4 nitrogen and oxygen atoms in total. The summed E-state index contributed by atoms with van der Waals surface area (Å²) in [6.07, 6.45) is 2.69. The third-order valence-corrected chi connectivity index (χ3v) is 2.43. The van der Waals surface area contributed by atoms with E-state index in [0.29, 0.717) is 5.76 Å². The molecule has 0 aliphatic carbocycles. The lowest BCUT2D eigenvalue weighted by atomic mass is 10.1. The minimum Gasteiger partial charge on any atom is -0.463 e. The highest BCUT2D eigenvalue weighted by molar-refractivity contribution is 6.29. The van der Waals surface area contributed by atoms with Crippen molar-refractivity contribution < 1.29 is 18.7 Å². The summed E-state index contributed by atoms with van der Waals surface area (Å²) < 4.78 is 9.71. The van der Waals surface area contributed by atoms with Crippen molar-refractivity contribution in [2.24, 2.45) is 0 Å². The Morgan fingerprint density at radius 1 is 1.06 bits per heavy atom. The van der Waals surface area contributed by atoms with Gasteiger partial charge in [0.1, 0.15) is 11.3 Å². The summed E-state index contributed by atoms with van der Waals surface area (Å²) in [6, 6.07) is 7.40. The average molecular weight is 214 g/mol. The third kappa shape index (κ3) is 1.16. The van der Waals surface area contributed by atoms with Gasteiger partial charge >= 0.3 is 11.9 Å². The zero-order valence-corrected chi connectivity index (χ0v) is 8.10. The van der Waals surface area contributed by atoms with Crippen molar-refractivity contribution in [2.75, 3.05) is 0 Å². The smallest absolute Gasteiger partial charge is 0.350 e. The number of hydrogen-bond acceptors (Lipinski definition) is 4. The first-order valence-corrected chi connectivity index (χ1v) is 4.70. The first kappa shape index (κ1) is 8.91. The predicted molar refractivity (Wildman–Crippen MR) is 55.3 cm³/mol. The fourth-order valence-corrected chi connectivity index (χ4v) is 1.71. The quantitative estimate of drug-likeness (QED) is 0.537. The number of fused-ring (bicyclic) bond motifs is 1. The molecule has 0 radical (unpaired) electrons. The summed E-state index contributed by atoms with van der Waals surface area (Å²) in [5.74, 6) is -0.933. The van der Waals surface area contributed by atoms with Crippen LogP contribution in [-0.4, -0.2) is 11.9 Å². The van der Waals surface area contributed by atoms with E-state index >= 15 is 0 Å². The molecule has 0 bridgehead atoms. The van der Waals surface area contributed by atoms with Crippen LogP contribution in [0.15, 0.2) is 41.0 Å². The summed E-state index contributed by atoms with van der Waals surface area (Å²) in [7, 11) is 0. The summed E-state index contributed by atoms with van der Waals surface area (Å²) in [6.45, 7) is 0. The summed E-state index contributed by atoms with van der Waals surface area (Å²) >= 11 is 0. The van der Waals surface area contributed by atoms with Gasteiger partial charge in [0, 0.05) is 16.8 Å². The molecular weight excluding hydrogens is 208 g/mol. The molecule has 1 aromatic heterocycles. The average Bonchev–Trinajstić information content (AvgIpc) is 2.81. The SMILES string of the molecule is O=C1C=C(c2occ3ccccc23)C(=O)O1. The van der Waals surface area contributed by atoms with Crippen molar-refractivity contribution in [3.8, 4) is 0 Å². The summed E-state index contributed by atoms with van der Waals surface area (Å²) in [5.41, 5.74) is 0.172. The van der Waals surface area contributed by atoms with Crippen molar-refractivity contribution in [3.63, 3.8) is 0 Å². The van der Waals surface area contributed by atoms with Crippen LogP contribution in [0.25, 0.3) is 16.3 Å². The standard InChI is InChI=1S/C12H6O4/c13-10-5-9(12(14)16-10)11-8-4-2-1-3-7(8)6-15-11/h1-6H. The number of cyclic esters (lactones) is 2. The second kappa shape index (κ2) is 3.06. The Hall–Kier alpha value is -2.36. The Bertz CT molecular complexity index is 633. The number of rotatable bonds is 1. The van der Waals surface area contributed by atoms with E-state index in [4.69, 9.17) is 4.42 Å². The highest BCUT2D eigenvalue weighted by atomic mass is 16.6. The molecule has 2 heterocycles. The zero-order valence-electron chi connectivity index (χ0n) is 8.10. The fourth-order valence-electron chi connectivity index (χ4n) is 1.71. The summed E-state index contributed by atoms with van der Waals surface area (Å²) in [5, 5.41) is 1.67. The van der Waals surface area contributed by atoms with E-state index in [1.807, 2.05) is 24.3 Å². The van der Waals surface area contributed by atoms with Gasteiger partial charge in [0.25, 0.3) is 0 Å². The molecule has 0 saturated carbocycles. The van der Waals surface area contributed by atoms with Crippen molar-refractivity contribution >= 4 is 28.3 Å². The van der Waals surface area contributed by atoms with Crippen LogP contribution in [0.3, 0.4) is 0 Å². The van der Waals surface area contributed by atoms with Crippen LogP contribution in [0, 0.1) is 0 Å². The number of benzene rings is 1. The van der Waals surface area contributed by atoms with Gasteiger partial charge in [-0.1, -0.05) is 24.3 Å². The normalized spacial score (nSPS) is 15.4. The molecule has 0 unspecified atom stereocenters. The fraction of sp³-hybridized carbons (Fsp3) is 0. The Kier molecular flexibility index (Phi) is 1.71. The van der Waals surface area contributed by atoms with Crippen LogP contribution in [-0.2, 0) is 14.3 Å². The molecule has 0 fully saturated rings. The van der Waals surface area contributed by atoms with Crippen LogP contribution in [0.2, 0.25) is 0 Å². The second-order valence-corrected chi connectivity index (χ2v) is 3.42. The molecule has 0 spiro atoms. The maximum atomic E-state index is 11.4. The molecule has 2 aromatic rings. The Morgan fingerprint density at radius 3 is 2.62 bits per heavy atom. The van der Waals surface area contributed by atoms with Gasteiger partial charge in [-0.3, -0.25) is 0 Å².